The molecule has 0 aromatic heterocycles. The molecule has 1 spiro atoms. The van der Waals surface area contributed by atoms with Gasteiger partial charge in [0, 0.05) is 29.7 Å². The van der Waals surface area contributed by atoms with Crippen LogP contribution in [0.3, 0.4) is 0 Å². The first kappa shape index (κ1) is 19.9. The van der Waals surface area contributed by atoms with Gasteiger partial charge in [0.1, 0.15) is 17.8 Å². The molecule has 0 saturated heterocycles. The molecule has 1 unspecified atom stereocenters. The Hall–Kier alpha value is -4.51. The monoisotopic (exact) mass is 457 g/mol. The number of rotatable bonds is 3. The minimum Gasteiger partial charge on any atom is -0.491 e. The number of nitrogens with zero attached hydrogens (tertiary/aromatic N) is 1. The fourth-order valence-corrected chi connectivity index (χ4v) is 5.64. The topological polar surface area (TPSA) is 53.6 Å². The molecule has 0 aliphatic carbocycles. The molecule has 1 atom stereocenters. The first-order chi connectivity index (χ1) is 17.3. The van der Waals surface area contributed by atoms with Crippen molar-refractivity contribution >= 4 is 23.0 Å². The van der Waals surface area contributed by atoms with Crippen LogP contribution >= 0.6 is 0 Å². The normalized spacial score (nSPS) is 19.1. The van der Waals surface area contributed by atoms with Crippen molar-refractivity contribution in [3.05, 3.63) is 132 Å². The SMILES string of the molecule is O=C1Nc2ccccc2C12COc1cc3c(cc12)N(C(c1ccccc1)c1ccccc1)C=CN3. The zero-order chi connectivity index (χ0) is 23.4. The molecule has 3 aliphatic rings. The summed E-state index contributed by atoms with van der Waals surface area (Å²) in [5.41, 5.74) is 6.21. The molecule has 3 aliphatic heterocycles. The van der Waals surface area contributed by atoms with Crippen LogP contribution in [-0.4, -0.2) is 12.5 Å². The summed E-state index contributed by atoms with van der Waals surface area (Å²) in [5.74, 6) is 0.709. The summed E-state index contributed by atoms with van der Waals surface area (Å²) in [6, 6.07) is 33.0. The molecule has 35 heavy (non-hydrogen) atoms. The first-order valence-corrected chi connectivity index (χ1v) is 11.8. The number of anilines is 3. The Balaban J connectivity index is 1.42. The number of hydrogen-bond donors (Lipinski definition) is 2. The van der Waals surface area contributed by atoms with Crippen molar-refractivity contribution < 1.29 is 9.53 Å². The van der Waals surface area contributed by atoms with Gasteiger partial charge in [-0.25, -0.2) is 0 Å². The van der Waals surface area contributed by atoms with E-state index in [9.17, 15) is 4.79 Å². The molecule has 5 nitrogen and oxygen atoms in total. The number of hydrogen-bond acceptors (Lipinski definition) is 4. The van der Waals surface area contributed by atoms with Crippen molar-refractivity contribution in [2.75, 3.05) is 22.1 Å². The number of nitrogens with one attached hydrogen (secondary N) is 2. The van der Waals surface area contributed by atoms with Gasteiger partial charge in [0.2, 0.25) is 5.91 Å². The predicted octanol–water partition coefficient (Wildman–Crippen LogP) is 5.81. The standard InChI is InChI=1S/C30H23N3O2/c34-29-30(22-13-7-8-14-24(22)32-29)19-35-27-18-25-26(17-23(27)30)33(16-15-31-25)28(20-9-3-1-4-10-20)21-11-5-2-6-12-21/h1-18,28,31H,19H2,(H,32,34). The molecule has 170 valence electrons. The van der Waals surface area contributed by atoms with Gasteiger partial charge in [0.15, 0.2) is 0 Å². The molecule has 3 heterocycles. The largest absolute Gasteiger partial charge is 0.491 e. The maximum absolute atomic E-state index is 13.4. The van der Waals surface area contributed by atoms with Gasteiger partial charge in [-0.15, -0.1) is 0 Å². The zero-order valence-corrected chi connectivity index (χ0v) is 18.9. The van der Waals surface area contributed by atoms with Crippen LogP contribution in [0.1, 0.15) is 28.3 Å². The summed E-state index contributed by atoms with van der Waals surface area (Å²) in [5, 5.41) is 6.46. The van der Waals surface area contributed by atoms with Crippen LogP contribution in [0, 0.1) is 0 Å². The van der Waals surface area contributed by atoms with Gasteiger partial charge in [-0.2, -0.15) is 0 Å². The third-order valence-electron chi connectivity index (χ3n) is 7.29. The molecule has 0 bridgehead atoms. The highest BCUT2D eigenvalue weighted by atomic mass is 16.5. The number of amides is 1. The summed E-state index contributed by atoms with van der Waals surface area (Å²) in [7, 11) is 0. The van der Waals surface area contributed by atoms with Gasteiger partial charge in [-0.1, -0.05) is 78.9 Å². The van der Waals surface area contributed by atoms with Crippen LogP contribution in [0.5, 0.6) is 5.75 Å². The minimum atomic E-state index is -0.844. The van der Waals surface area contributed by atoms with Gasteiger partial charge < -0.3 is 20.3 Å². The van der Waals surface area contributed by atoms with Crippen LogP contribution < -0.4 is 20.3 Å². The van der Waals surface area contributed by atoms with Crippen molar-refractivity contribution in [3.63, 3.8) is 0 Å². The Bertz CT molecular complexity index is 1440. The number of carbonyl (C=O) groups excluding carboxylic acids is 1. The Kier molecular flexibility index (Phi) is 4.27. The van der Waals surface area contributed by atoms with Crippen molar-refractivity contribution in [1.29, 1.82) is 0 Å². The smallest absolute Gasteiger partial charge is 0.243 e. The third-order valence-corrected chi connectivity index (χ3v) is 7.29. The molecule has 4 aromatic rings. The van der Waals surface area contributed by atoms with Crippen LogP contribution in [0.15, 0.2) is 109 Å². The Morgan fingerprint density at radius 2 is 1.49 bits per heavy atom. The van der Waals surface area contributed by atoms with Crippen LogP contribution in [0.2, 0.25) is 0 Å². The van der Waals surface area contributed by atoms with E-state index in [1.54, 1.807) is 0 Å². The van der Waals surface area contributed by atoms with E-state index in [4.69, 9.17) is 4.74 Å². The molecule has 0 radical (unpaired) electrons. The van der Waals surface area contributed by atoms with Gasteiger partial charge in [-0.05, 0) is 28.8 Å². The second-order valence-corrected chi connectivity index (χ2v) is 9.15. The van der Waals surface area contributed by atoms with Crippen LogP contribution in [0.4, 0.5) is 17.1 Å². The zero-order valence-electron chi connectivity index (χ0n) is 18.9. The fraction of sp³-hybridized carbons (Fsp3) is 0.100. The lowest BCUT2D eigenvalue weighted by Gasteiger charge is -2.36. The molecule has 4 aromatic carbocycles. The molecule has 5 heteroatoms. The van der Waals surface area contributed by atoms with E-state index >= 15 is 0 Å². The van der Waals surface area contributed by atoms with E-state index in [1.807, 2.05) is 48.7 Å². The van der Waals surface area contributed by atoms with Crippen molar-refractivity contribution in [1.82, 2.24) is 0 Å². The Morgan fingerprint density at radius 3 is 2.23 bits per heavy atom. The molecule has 7 rings (SSSR count). The molecular formula is C30H23N3O2. The van der Waals surface area contributed by atoms with E-state index in [-0.39, 0.29) is 11.9 Å². The molecule has 0 fully saturated rings. The van der Waals surface area contributed by atoms with E-state index in [0.29, 0.717) is 6.61 Å². The van der Waals surface area contributed by atoms with Crippen molar-refractivity contribution in [2.24, 2.45) is 0 Å². The third kappa shape index (κ3) is 2.85. The van der Waals surface area contributed by atoms with E-state index in [0.717, 1.165) is 33.9 Å². The molecule has 2 N–H and O–H groups in total. The average molecular weight is 458 g/mol. The summed E-state index contributed by atoms with van der Waals surface area (Å²) < 4.78 is 6.15. The number of para-hydroxylation sites is 1. The predicted molar refractivity (Wildman–Crippen MR) is 138 cm³/mol. The highest BCUT2D eigenvalue weighted by Gasteiger charge is 2.54. The fourth-order valence-electron chi connectivity index (χ4n) is 5.64. The number of ether oxygens (including phenoxy) is 1. The van der Waals surface area contributed by atoms with Gasteiger partial charge >= 0.3 is 0 Å². The lowest BCUT2D eigenvalue weighted by atomic mass is 9.76. The number of benzene rings is 4. The summed E-state index contributed by atoms with van der Waals surface area (Å²) >= 11 is 0. The van der Waals surface area contributed by atoms with Crippen molar-refractivity contribution in [3.8, 4) is 5.75 Å². The first-order valence-electron chi connectivity index (χ1n) is 11.8. The lowest BCUT2D eigenvalue weighted by molar-refractivity contribution is -0.119. The average Bonchev–Trinajstić information content (AvgIpc) is 3.42. The van der Waals surface area contributed by atoms with E-state index in [1.165, 1.54) is 11.1 Å². The highest BCUT2D eigenvalue weighted by Crippen LogP contribution is 2.53. The summed E-state index contributed by atoms with van der Waals surface area (Å²) in [4.78, 5) is 15.7. The van der Waals surface area contributed by atoms with Gasteiger partial charge in [0.25, 0.3) is 0 Å². The van der Waals surface area contributed by atoms with Crippen LogP contribution in [0.25, 0.3) is 0 Å². The summed E-state index contributed by atoms with van der Waals surface area (Å²) in [6.07, 6.45) is 4.03. The van der Waals surface area contributed by atoms with Gasteiger partial charge in [0.05, 0.1) is 17.4 Å². The maximum Gasteiger partial charge on any atom is 0.243 e. The molecular weight excluding hydrogens is 434 g/mol. The Morgan fingerprint density at radius 1 is 0.800 bits per heavy atom. The number of fused-ring (bicyclic) bond motifs is 5. The van der Waals surface area contributed by atoms with E-state index < -0.39 is 5.41 Å². The van der Waals surface area contributed by atoms with E-state index in [2.05, 4.69) is 76.3 Å². The number of carbonyl (C=O) groups is 1. The van der Waals surface area contributed by atoms with Crippen molar-refractivity contribution in [2.45, 2.75) is 11.5 Å². The van der Waals surface area contributed by atoms with Crippen LogP contribution in [-0.2, 0) is 10.2 Å². The molecule has 1 amide bonds. The van der Waals surface area contributed by atoms with Gasteiger partial charge in [-0.3, -0.25) is 4.79 Å². The highest BCUT2D eigenvalue weighted by molar-refractivity contribution is 6.10. The Labute approximate surface area is 203 Å². The minimum absolute atomic E-state index is 0.0319. The maximum atomic E-state index is 13.4. The second-order valence-electron chi connectivity index (χ2n) is 9.15. The summed E-state index contributed by atoms with van der Waals surface area (Å²) in [6.45, 7) is 0.294. The molecule has 0 saturated carbocycles. The quantitative estimate of drug-likeness (QED) is 0.408. The second kappa shape index (κ2) is 7.50. The lowest BCUT2D eigenvalue weighted by Crippen LogP contribution is -2.37.